The fourth-order valence-corrected chi connectivity index (χ4v) is 2.59. The lowest BCUT2D eigenvalue weighted by molar-refractivity contribution is 0.0770. The summed E-state index contributed by atoms with van der Waals surface area (Å²) in [6.07, 6.45) is 1.69. The molecule has 0 N–H and O–H groups in total. The van der Waals surface area contributed by atoms with Crippen molar-refractivity contribution in [2.24, 2.45) is 0 Å². The first-order valence-corrected chi connectivity index (χ1v) is 8.07. The molecule has 0 saturated carbocycles. The molecule has 1 fully saturated rings. The van der Waals surface area contributed by atoms with Gasteiger partial charge in [0.05, 0.1) is 24.5 Å². The Morgan fingerprint density at radius 2 is 1.95 bits per heavy atom. The van der Waals surface area contributed by atoms with Gasteiger partial charge in [-0.1, -0.05) is 13.8 Å². The quantitative estimate of drug-likeness (QED) is 0.832. The number of amides is 1. The summed E-state index contributed by atoms with van der Waals surface area (Å²) in [5, 5.41) is 0. The third-order valence-electron chi connectivity index (χ3n) is 3.93. The number of hydrogen-bond donors (Lipinski definition) is 0. The molecular formula is C16H26N4O2. The van der Waals surface area contributed by atoms with Gasteiger partial charge in [-0.25, -0.2) is 9.97 Å². The van der Waals surface area contributed by atoms with Gasteiger partial charge in [0.1, 0.15) is 0 Å². The van der Waals surface area contributed by atoms with E-state index in [2.05, 4.69) is 28.7 Å². The maximum absolute atomic E-state index is 12.6. The Hall–Kier alpha value is -1.69. The SMILES string of the molecule is CCN(CC)C(=O)c1cnc(N2CCOCC2)nc1C(C)C. The van der Waals surface area contributed by atoms with Crippen LogP contribution in [0, 0.1) is 0 Å². The summed E-state index contributed by atoms with van der Waals surface area (Å²) in [7, 11) is 0. The number of aromatic nitrogens is 2. The number of carbonyl (C=O) groups excluding carboxylic acids is 1. The van der Waals surface area contributed by atoms with Crippen LogP contribution in [0.5, 0.6) is 0 Å². The van der Waals surface area contributed by atoms with Gasteiger partial charge in [0.15, 0.2) is 0 Å². The number of hydrogen-bond acceptors (Lipinski definition) is 5. The Bertz CT molecular complexity index is 509. The molecule has 2 heterocycles. The van der Waals surface area contributed by atoms with E-state index in [-0.39, 0.29) is 11.8 Å². The smallest absolute Gasteiger partial charge is 0.257 e. The highest BCUT2D eigenvalue weighted by Crippen LogP contribution is 2.21. The van der Waals surface area contributed by atoms with E-state index in [9.17, 15) is 4.79 Å². The molecule has 0 unspecified atom stereocenters. The molecule has 0 radical (unpaired) electrons. The molecule has 2 rings (SSSR count). The van der Waals surface area contributed by atoms with Crippen LogP contribution in [-0.4, -0.2) is 60.2 Å². The van der Waals surface area contributed by atoms with Crippen molar-refractivity contribution < 1.29 is 9.53 Å². The molecule has 1 aliphatic heterocycles. The van der Waals surface area contributed by atoms with E-state index in [0.29, 0.717) is 37.8 Å². The van der Waals surface area contributed by atoms with Crippen molar-refractivity contribution in [3.05, 3.63) is 17.5 Å². The fourth-order valence-electron chi connectivity index (χ4n) is 2.59. The number of nitrogens with zero attached hydrogens (tertiary/aromatic N) is 4. The normalized spacial score (nSPS) is 15.2. The van der Waals surface area contributed by atoms with Gasteiger partial charge in [-0.3, -0.25) is 4.79 Å². The number of rotatable bonds is 5. The summed E-state index contributed by atoms with van der Waals surface area (Å²) in [5.74, 6) is 0.891. The summed E-state index contributed by atoms with van der Waals surface area (Å²) < 4.78 is 5.36. The van der Waals surface area contributed by atoms with Gasteiger partial charge < -0.3 is 14.5 Å². The van der Waals surface area contributed by atoms with Gasteiger partial charge in [0.25, 0.3) is 5.91 Å². The Labute approximate surface area is 132 Å². The molecule has 0 aliphatic carbocycles. The first kappa shape index (κ1) is 16.7. The predicted octanol–water partition coefficient (Wildman–Crippen LogP) is 1.92. The lowest BCUT2D eigenvalue weighted by atomic mass is 10.0. The van der Waals surface area contributed by atoms with Gasteiger partial charge in [0.2, 0.25) is 5.95 Å². The zero-order valence-corrected chi connectivity index (χ0v) is 14.0. The second-order valence-corrected chi connectivity index (χ2v) is 5.70. The van der Waals surface area contributed by atoms with Crippen LogP contribution in [0.3, 0.4) is 0 Å². The van der Waals surface area contributed by atoms with Crippen molar-refractivity contribution in [2.45, 2.75) is 33.6 Å². The first-order valence-electron chi connectivity index (χ1n) is 8.07. The molecule has 1 aliphatic rings. The second kappa shape index (κ2) is 7.54. The standard InChI is InChI=1S/C16H26N4O2/c1-5-19(6-2)15(21)13-11-17-16(18-14(13)12(3)4)20-7-9-22-10-8-20/h11-12H,5-10H2,1-4H3. The number of anilines is 1. The average Bonchev–Trinajstić information content (AvgIpc) is 2.56. The summed E-state index contributed by atoms with van der Waals surface area (Å²) in [5.41, 5.74) is 1.45. The van der Waals surface area contributed by atoms with E-state index in [4.69, 9.17) is 4.74 Å². The van der Waals surface area contributed by atoms with Crippen LogP contribution >= 0.6 is 0 Å². The minimum Gasteiger partial charge on any atom is -0.378 e. The van der Waals surface area contributed by atoms with Crippen LogP contribution in [0.15, 0.2) is 6.20 Å². The van der Waals surface area contributed by atoms with Crippen molar-refractivity contribution in [2.75, 3.05) is 44.3 Å². The average molecular weight is 306 g/mol. The summed E-state index contributed by atoms with van der Waals surface area (Å²) in [6, 6.07) is 0. The van der Waals surface area contributed by atoms with Gasteiger partial charge in [0, 0.05) is 32.4 Å². The minimum atomic E-state index is 0.0160. The largest absolute Gasteiger partial charge is 0.378 e. The fraction of sp³-hybridized carbons (Fsp3) is 0.688. The topological polar surface area (TPSA) is 58.6 Å². The van der Waals surface area contributed by atoms with Crippen LogP contribution in [0.2, 0.25) is 0 Å². The number of carbonyl (C=O) groups is 1. The van der Waals surface area contributed by atoms with E-state index in [1.54, 1.807) is 11.1 Å². The van der Waals surface area contributed by atoms with E-state index in [1.165, 1.54) is 0 Å². The summed E-state index contributed by atoms with van der Waals surface area (Å²) in [4.78, 5) is 25.7. The predicted molar refractivity (Wildman–Crippen MR) is 86.4 cm³/mol. The number of morpholine rings is 1. The molecule has 122 valence electrons. The lowest BCUT2D eigenvalue weighted by Crippen LogP contribution is -2.38. The van der Waals surface area contributed by atoms with Crippen LogP contribution < -0.4 is 4.90 Å². The van der Waals surface area contributed by atoms with Crippen molar-refractivity contribution in [1.29, 1.82) is 0 Å². The third-order valence-corrected chi connectivity index (χ3v) is 3.93. The molecule has 6 heteroatoms. The second-order valence-electron chi connectivity index (χ2n) is 5.70. The first-order chi connectivity index (χ1) is 10.6. The van der Waals surface area contributed by atoms with Gasteiger partial charge >= 0.3 is 0 Å². The van der Waals surface area contributed by atoms with Crippen LogP contribution in [0.1, 0.15) is 49.7 Å². The maximum Gasteiger partial charge on any atom is 0.257 e. The van der Waals surface area contributed by atoms with Crippen molar-refractivity contribution in [1.82, 2.24) is 14.9 Å². The zero-order chi connectivity index (χ0) is 16.1. The summed E-state index contributed by atoms with van der Waals surface area (Å²) in [6.45, 7) is 12.5. The Morgan fingerprint density at radius 1 is 1.32 bits per heavy atom. The third kappa shape index (κ3) is 3.55. The van der Waals surface area contributed by atoms with Crippen molar-refractivity contribution >= 4 is 11.9 Å². The van der Waals surface area contributed by atoms with Gasteiger partial charge in [-0.15, -0.1) is 0 Å². The maximum atomic E-state index is 12.6. The summed E-state index contributed by atoms with van der Waals surface area (Å²) >= 11 is 0. The molecule has 0 atom stereocenters. The molecule has 1 aromatic rings. The molecule has 0 bridgehead atoms. The van der Waals surface area contributed by atoms with Gasteiger partial charge in [-0.2, -0.15) is 0 Å². The monoisotopic (exact) mass is 306 g/mol. The van der Waals surface area contributed by atoms with E-state index in [0.717, 1.165) is 18.8 Å². The highest BCUT2D eigenvalue weighted by atomic mass is 16.5. The van der Waals surface area contributed by atoms with E-state index >= 15 is 0 Å². The van der Waals surface area contributed by atoms with E-state index < -0.39 is 0 Å². The molecular weight excluding hydrogens is 280 g/mol. The van der Waals surface area contributed by atoms with Crippen LogP contribution in [-0.2, 0) is 4.74 Å². The van der Waals surface area contributed by atoms with Crippen molar-refractivity contribution in [3.8, 4) is 0 Å². The van der Waals surface area contributed by atoms with Crippen molar-refractivity contribution in [3.63, 3.8) is 0 Å². The number of ether oxygens (including phenoxy) is 1. The Morgan fingerprint density at radius 3 is 2.50 bits per heavy atom. The Kier molecular flexibility index (Phi) is 5.71. The molecule has 22 heavy (non-hydrogen) atoms. The Balaban J connectivity index is 2.32. The molecule has 0 spiro atoms. The minimum absolute atomic E-state index is 0.0160. The van der Waals surface area contributed by atoms with Gasteiger partial charge in [-0.05, 0) is 19.8 Å². The highest BCUT2D eigenvalue weighted by Gasteiger charge is 2.22. The highest BCUT2D eigenvalue weighted by molar-refractivity contribution is 5.95. The van der Waals surface area contributed by atoms with Crippen LogP contribution in [0.25, 0.3) is 0 Å². The zero-order valence-electron chi connectivity index (χ0n) is 14.0. The molecule has 1 amide bonds. The molecule has 0 aromatic carbocycles. The van der Waals surface area contributed by atoms with E-state index in [1.807, 2.05) is 13.8 Å². The molecule has 1 aromatic heterocycles. The molecule has 6 nitrogen and oxygen atoms in total. The lowest BCUT2D eigenvalue weighted by Gasteiger charge is -2.28. The van der Waals surface area contributed by atoms with Crippen LogP contribution in [0.4, 0.5) is 5.95 Å². The molecule has 1 saturated heterocycles.